The molecule has 0 unspecified atom stereocenters. The number of nitrogens with two attached hydrogens (primary N) is 2. The standard InChI is InChI=1S/C11H15ClN6O3/c12-7-5-15-11(14)10(18(20)21)9(7)17-3-1-16(2-4-17)6-8(13)19/h5H,1-4,6H2,(H2,13,19)(H2,14,15). The van der Waals surface area contributed by atoms with Crippen LogP contribution in [0.4, 0.5) is 17.2 Å². The molecule has 0 spiro atoms. The average molecular weight is 315 g/mol. The number of anilines is 2. The van der Waals surface area contributed by atoms with Gasteiger partial charge in [0.25, 0.3) is 0 Å². The summed E-state index contributed by atoms with van der Waals surface area (Å²) < 4.78 is 0. The van der Waals surface area contributed by atoms with Gasteiger partial charge in [-0.1, -0.05) is 11.6 Å². The lowest BCUT2D eigenvalue weighted by Gasteiger charge is -2.35. The zero-order valence-electron chi connectivity index (χ0n) is 11.2. The maximum Gasteiger partial charge on any atom is 0.335 e. The minimum atomic E-state index is -0.584. The van der Waals surface area contributed by atoms with E-state index in [1.54, 1.807) is 4.90 Å². The van der Waals surface area contributed by atoms with E-state index in [1.165, 1.54) is 6.20 Å². The molecule has 1 aromatic rings. The maximum atomic E-state index is 11.2. The Morgan fingerprint density at radius 3 is 2.57 bits per heavy atom. The number of amides is 1. The first kappa shape index (κ1) is 15.3. The lowest BCUT2D eigenvalue weighted by Crippen LogP contribution is -2.49. The monoisotopic (exact) mass is 314 g/mol. The summed E-state index contributed by atoms with van der Waals surface area (Å²) in [5.41, 5.74) is 10.7. The van der Waals surface area contributed by atoms with Gasteiger partial charge in [0, 0.05) is 26.2 Å². The highest BCUT2D eigenvalue weighted by molar-refractivity contribution is 6.33. The molecule has 0 aliphatic carbocycles. The molecule has 21 heavy (non-hydrogen) atoms. The molecule has 0 aromatic carbocycles. The molecule has 1 aliphatic rings. The molecule has 4 N–H and O–H groups in total. The van der Waals surface area contributed by atoms with Crippen LogP contribution in [0, 0.1) is 10.1 Å². The summed E-state index contributed by atoms with van der Waals surface area (Å²) in [4.78, 5) is 28.9. The highest BCUT2D eigenvalue weighted by Crippen LogP contribution is 2.38. The van der Waals surface area contributed by atoms with Gasteiger partial charge < -0.3 is 16.4 Å². The topological polar surface area (TPSA) is 132 Å². The number of halogens is 1. The Kier molecular flexibility index (Phi) is 4.43. The third-order valence-electron chi connectivity index (χ3n) is 3.26. The van der Waals surface area contributed by atoms with Crippen molar-refractivity contribution in [3.8, 4) is 0 Å². The van der Waals surface area contributed by atoms with E-state index in [-0.39, 0.29) is 28.8 Å². The SMILES string of the molecule is NC(=O)CN1CCN(c2c(Cl)cnc(N)c2[N+](=O)[O-])CC1. The van der Waals surface area contributed by atoms with Gasteiger partial charge in [-0.25, -0.2) is 4.98 Å². The molecule has 114 valence electrons. The van der Waals surface area contributed by atoms with Crippen LogP contribution >= 0.6 is 11.6 Å². The van der Waals surface area contributed by atoms with Crippen molar-refractivity contribution in [3.63, 3.8) is 0 Å². The second-order valence-electron chi connectivity index (χ2n) is 4.68. The molecule has 0 atom stereocenters. The van der Waals surface area contributed by atoms with E-state index in [2.05, 4.69) is 4.98 Å². The molecule has 10 heteroatoms. The van der Waals surface area contributed by atoms with Crippen molar-refractivity contribution in [2.24, 2.45) is 5.73 Å². The summed E-state index contributed by atoms with van der Waals surface area (Å²) in [5, 5.41) is 11.4. The summed E-state index contributed by atoms with van der Waals surface area (Å²) in [6, 6.07) is 0. The number of primary amides is 1. The van der Waals surface area contributed by atoms with Gasteiger partial charge in [-0.15, -0.1) is 0 Å². The van der Waals surface area contributed by atoms with E-state index in [0.29, 0.717) is 26.2 Å². The van der Waals surface area contributed by atoms with Gasteiger partial charge in [0.15, 0.2) is 0 Å². The maximum absolute atomic E-state index is 11.2. The van der Waals surface area contributed by atoms with Crippen molar-refractivity contribution >= 4 is 34.7 Å². The normalized spacial score (nSPS) is 16.0. The Bertz CT molecular complexity index is 573. The van der Waals surface area contributed by atoms with Crippen LogP contribution < -0.4 is 16.4 Å². The summed E-state index contributed by atoms with van der Waals surface area (Å²) in [5.74, 6) is -0.570. The molecular formula is C11H15ClN6O3. The molecule has 1 aliphatic heterocycles. The van der Waals surface area contributed by atoms with E-state index in [4.69, 9.17) is 23.1 Å². The average Bonchev–Trinajstić information content (AvgIpc) is 2.41. The third kappa shape index (κ3) is 3.31. The van der Waals surface area contributed by atoms with Gasteiger partial charge in [-0.3, -0.25) is 19.8 Å². The van der Waals surface area contributed by atoms with E-state index >= 15 is 0 Å². The number of hydrogen-bond donors (Lipinski definition) is 2. The second-order valence-corrected chi connectivity index (χ2v) is 5.08. The van der Waals surface area contributed by atoms with Crippen LogP contribution in [0.5, 0.6) is 0 Å². The van der Waals surface area contributed by atoms with Crippen LogP contribution in [0.15, 0.2) is 6.20 Å². The molecule has 0 radical (unpaired) electrons. The van der Waals surface area contributed by atoms with E-state index in [9.17, 15) is 14.9 Å². The Morgan fingerprint density at radius 1 is 1.43 bits per heavy atom. The fraction of sp³-hybridized carbons (Fsp3) is 0.455. The molecule has 1 saturated heterocycles. The number of piperazine rings is 1. The van der Waals surface area contributed by atoms with Crippen molar-refractivity contribution in [2.45, 2.75) is 0 Å². The van der Waals surface area contributed by atoms with Crippen molar-refractivity contribution in [1.82, 2.24) is 9.88 Å². The van der Waals surface area contributed by atoms with Crippen molar-refractivity contribution in [2.75, 3.05) is 43.4 Å². The van der Waals surface area contributed by atoms with Crippen molar-refractivity contribution < 1.29 is 9.72 Å². The minimum absolute atomic E-state index is 0.168. The molecule has 2 heterocycles. The number of aromatic nitrogens is 1. The van der Waals surface area contributed by atoms with E-state index in [0.717, 1.165) is 0 Å². The molecule has 0 bridgehead atoms. The van der Waals surface area contributed by atoms with E-state index < -0.39 is 10.8 Å². The van der Waals surface area contributed by atoms with Gasteiger partial charge in [0.2, 0.25) is 11.7 Å². The van der Waals surface area contributed by atoms with Gasteiger partial charge in [-0.05, 0) is 0 Å². The highest BCUT2D eigenvalue weighted by Gasteiger charge is 2.29. The lowest BCUT2D eigenvalue weighted by atomic mass is 10.2. The third-order valence-corrected chi connectivity index (χ3v) is 3.54. The van der Waals surface area contributed by atoms with Gasteiger partial charge in [0.1, 0.15) is 5.69 Å². The first-order chi connectivity index (χ1) is 9.90. The number of pyridine rings is 1. The number of rotatable bonds is 4. The Hall–Kier alpha value is -2.13. The molecule has 0 saturated carbocycles. The second kappa shape index (κ2) is 6.10. The van der Waals surface area contributed by atoms with Crippen molar-refractivity contribution in [1.29, 1.82) is 0 Å². The smallest absolute Gasteiger partial charge is 0.335 e. The van der Waals surface area contributed by atoms with Gasteiger partial charge in [-0.2, -0.15) is 0 Å². The molecule has 1 aromatic heterocycles. The number of hydrogen-bond acceptors (Lipinski definition) is 7. The zero-order valence-corrected chi connectivity index (χ0v) is 11.9. The number of nitrogens with zero attached hydrogens (tertiary/aromatic N) is 4. The molecular weight excluding hydrogens is 300 g/mol. The highest BCUT2D eigenvalue weighted by atomic mass is 35.5. The largest absolute Gasteiger partial charge is 0.378 e. The van der Waals surface area contributed by atoms with Crippen LogP contribution in [0.25, 0.3) is 0 Å². The Morgan fingerprint density at radius 2 is 2.05 bits per heavy atom. The number of nitrogen functional groups attached to an aromatic ring is 1. The van der Waals surface area contributed by atoms with Crippen LogP contribution in [-0.2, 0) is 4.79 Å². The van der Waals surface area contributed by atoms with Gasteiger partial charge >= 0.3 is 5.69 Å². The van der Waals surface area contributed by atoms with Crippen molar-refractivity contribution in [3.05, 3.63) is 21.3 Å². The van der Waals surface area contributed by atoms with Crippen LogP contribution in [-0.4, -0.2) is 53.4 Å². The number of carbonyl (C=O) groups excluding carboxylic acids is 1. The Labute approximate surface area is 125 Å². The fourth-order valence-electron chi connectivity index (χ4n) is 2.31. The minimum Gasteiger partial charge on any atom is -0.378 e. The van der Waals surface area contributed by atoms with Crippen LogP contribution in [0.1, 0.15) is 0 Å². The zero-order chi connectivity index (χ0) is 15.6. The van der Waals surface area contributed by atoms with Gasteiger partial charge in [0.05, 0.1) is 22.7 Å². The summed E-state index contributed by atoms with van der Waals surface area (Å²) in [6.45, 7) is 2.24. The number of nitro groups is 1. The summed E-state index contributed by atoms with van der Waals surface area (Å²) in [7, 11) is 0. The first-order valence-electron chi connectivity index (χ1n) is 6.24. The molecule has 2 rings (SSSR count). The fourth-order valence-corrected chi connectivity index (χ4v) is 2.57. The summed E-state index contributed by atoms with van der Waals surface area (Å²) >= 11 is 6.05. The van der Waals surface area contributed by atoms with E-state index in [1.807, 2.05) is 4.90 Å². The first-order valence-corrected chi connectivity index (χ1v) is 6.62. The predicted octanol–water partition coefficient (Wildman–Crippen LogP) is -0.167. The number of carbonyl (C=O) groups is 1. The molecule has 9 nitrogen and oxygen atoms in total. The summed E-state index contributed by atoms with van der Waals surface area (Å²) in [6.07, 6.45) is 1.30. The molecule has 1 amide bonds. The Balaban J connectivity index is 2.22. The predicted molar refractivity (Wildman–Crippen MR) is 78.2 cm³/mol. The van der Waals surface area contributed by atoms with Crippen LogP contribution in [0.3, 0.4) is 0 Å². The van der Waals surface area contributed by atoms with Crippen LogP contribution in [0.2, 0.25) is 5.02 Å². The lowest BCUT2D eigenvalue weighted by molar-refractivity contribution is -0.383. The molecule has 1 fully saturated rings. The quantitative estimate of drug-likeness (QED) is 0.582.